The highest BCUT2D eigenvalue weighted by Gasteiger charge is 2.43. The van der Waals surface area contributed by atoms with Crippen LogP contribution in [-0.4, -0.2) is 71.0 Å². The summed E-state index contributed by atoms with van der Waals surface area (Å²) in [7, 11) is 2.24. The van der Waals surface area contributed by atoms with Crippen LogP contribution in [0.15, 0.2) is 6.07 Å². The molecular formula is C21H33N5O. The van der Waals surface area contributed by atoms with Gasteiger partial charge in [-0.3, -0.25) is 9.69 Å². The summed E-state index contributed by atoms with van der Waals surface area (Å²) in [6, 6.07) is 2.15. The van der Waals surface area contributed by atoms with Crippen molar-refractivity contribution in [2.24, 2.45) is 5.92 Å². The van der Waals surface area contributed by atoms with Crippen molar-refractivity contribution in [3.05, 3.63) is 17.6 Å². The summed E-state index contributed by atoms with van der Waals surface area (Å²) in [6.07, 6.45) is 6.21. The van der Waals surface area contributed by atoms with Crippen molar-refractivity contribution in [2.75, 3.05) is 44.7 Å². The van der Waals surface area contributed by atoms with Crippen molar-refractivity contribution < 1.29 is 4.79 Å². The molecule has 0 aromatic carbocycles. The number of hydrogen-bond donors (Lipinski definition) is 0. The van der Waals surface area contributed by atoms with E-state index in [2.05, 4.69) is 39.7 Å². The molecule has 0 radical (unpaired) electrons. The Morgan fingerprint density at radius 2 is 2.00 bits per heavy atom. The monoisotopic (exact) mass is 371 g/mol. The lowest BCUT2D eigenvalue weighted by atomic mass is 9.86. The zero-order valence-corrected chi connectivity index (χ0v) is 17.1. The van der Waals surface area contributed by atoms with Crippen LogP contribution in [0.4, 0.5) is 5.82 Å². The van der Waals surface area contributed by atoms with Gasteiger partial charge in [-0.25, -0.2) is 9.97 Å². The first-order chi connectivity index (χ1) is 13.0. The van der Waals surface area contributed by atoms with Crippen molar-refractivity contribution in [2.45, 2.75) is 57.9 Å². The summed E-state index contributed by atoms with van der Waals surface area (Å²) in [5.41, 5.74) is 1.18. The number of rotatable bonds is 4. The van der Waals surface area contributed by atoms with Gasteiger partial charge in [-0.2, -0.15) is 0 Å². The summed E-state index contributed by atoms with van der Waals surface area (Å²) in [5.74, 6) is 3.02. The first-order valence-corrected chi connectivity index (χ1v) is 10.6. The molecule has 3 aliphatic rings. The number of aromatic nitrogens is 2. The molecule has 1 spiro atoms. The molecule has 2 saturated heterocycles. The average molecular weight is 372 g/mol. The van der Waals surface area contributed by atoms with Crippen LogP contribution in [0.25, 0.3) is 0 Å². The topological polar surface area (TPSA) is 52.6 Å². The zero-order chi connectivity index (χ0) is 19.0. The van der Waals surface area contributed by atoms with Gasteiger partial charge < -0.3 is 9.80 Å². The molecule has 1 aromatic rings. The number of amides is 1. The van der Waals surface area contributed by atoms with Gasteiger partial charge in [0, 0.05) is 56.4 Å². The molecule has 1 amide bonds. The molecule has 1 atom stereocenters. The minimum absolute atomic E-state index is 0.0669. The number of likely N-dealkylation sites (N-methyl/N-ethyl adjacent to an activating group) is 1. The Labute approximate surface area is 162 Å². The average Bonchev–Trinajstić information content (AvgIpc) is 3.49. The van der Waals surface area contributed by atoms with Crippen LogP contribution in [0.5, 0.6) is 0 Å². The predicted octanol–water partition coefficient (Wildman–Crippen LogP) is 2.26. The predicted molar refractivity (Wildman–Crippen MR) is 107 cm³/mol. The number of hydrogen-bond acceptors (Lipinski definition) is 5. The summed E-state index contributed by atoms with van der Waals surface area (Å²) in [4.78, 5) is 29.0. The highest BCUT2D eigenvalue weighted by molar-refractivity contribution is 5.76. The van der Waals surface area contributed by atoms with E-state index in [0.717, 1.165) is 75.2 Å². The van der Waals surface area contributed by atoms with Crippen LogP contribution < -0.4 is 4.90 Å². The Balaban J connectivity index is 1.53. The molecule has 6 heteroatoms. The second-order valence-electron chi connectivity index (χ2n) is 8.72. The lowest BCUT2D eigenvalue weighted by Crippen LogP contribution is -2.61. The van der Waals surface area contributed by atoms with E-state index in [1.165, 1.54) is 12.8 Å². The molecule has 148 valence electrons. The van der Waals surface area contributed by atoms with Crippen LogP contribution in [0, 0.1) is 12.8 Å². The summed E-state index contributed by atoms with van der Waals surface area (Å²) >= 11 is 0. The summed E-state index contributed by atoms with van der Waals surface area (Å²) in [5, 5.41) is 0. The van der Waals surface area contributed by atoms with E-state index in [-0.39, 0.29) is 5.54 Å². The van der Waals surface area contributed by atoms with E-state index < -0.39 is 0 Å². The van der Waals surface area contributed by atoms with Crippen LogP contribution in [0.3, 0.4) is 0 Å². The number of carbonyl (C=O) groups is 1. The lowest BCUT2D eigenvalue weighted by Gasteiger charge is -2.49. The SMILES string of the molecule is CCc1cc(N2CCN(C)C3(CCC(=O)N(CC4CC4)CC3)C2)nc(C)n1. The van der Waals surface area contributed by atoms with E-state index in [4.69, 9.17) is 4.98 Å². The molecule has 0 bridgehead atoms. The van der Waals surface area contributed by atoms with Crippen molar-refractivity contribution in [1.29, 1.82) is 0 Å². The number of anilines is 1. The van der Waals surface area contributed by atoms with Crippen LogP contribution in [0.2, 0.25) is 0 Å². The molecule has 2 aliphatic heterocycles. The van der Waals surface area contributed by atoms with E-state index in [1.54, 1.807) is 0 Å². The number of aryl methyl sites for hydroxylation is 2. The molecular weight excluding hydrogens is 338 g/mol. The van der Waals surface area contributed by atoms with Gasteiger partial charge in [0.1, 0.15) is 11.6 Å². The summed E-state index contributed by atoms with van der Waals surface area (Å²) in [6.45, 7) is 8.95. The fourth-order valence-electron chi connectivity index (χ4n) is 4.65. The van der Waals surface area contributed by atoms with Crippen molar-refractivity contribution >= 4 is 11.7 Å². The van der Waals surface area contributed by atoms with Gasteiger partial charge in [0.15, 0.2) is 0 Å². The van der Waals surface area contributed by atoms with E-state index >= 15 is 0 Å². The van der Waals surface area contributed by atoms with Crippen LogP contribution in [0.1, 0.15) is 50.5 Å². The van der Waals surface area contributed by atoms with Gasteiger partial charge in [0.05, 0.1) is 0 Å². The highest BCUT2D eigenvalue weighted by atomic mass is 16.2. The van der Waals surface area contributed by atoms with Gasteiger partial charge in [0.2, 0.25) is 5.91 Å². The minimum Gasteiger partial charge on any atom is -0.353 e. The minimum atomic E-state index is 0.0669. The molecule has 1 aromatic heterocycles. The van der Waals surface area contributed by atoms with Crippen LogP contribution in [-0.2, 0) is 11.2 Å². The molecule has 1 aliphatic carbocycles. The second kappa shape index (κ2) is 7.38. The zero-order valence-electron chi connectivity index (χ0n) is 17.1. The third kappa shape index (κ3) is 3.96. The lowest BCUT2D eigenvalue weighted by molar-refractivity contribution is -0.130. The molecule has 3 heterocycles. The molecule has 6 nitrogen and oxygen atoms in total. The quantitative estimate of drug-likeness (QED) is 0.813. The van der Waals surface area contributed by atoms with E-state index in [0.29, 0.717) is 12.3 Å². The first kappa shape index (κ1) is 18.7. The Morgan fingerprint density at radius 3 is 2.74 bits per heavy atom. The molecule has 4 rings (SSSR count). The standard InChI is InChI=1S/C21H33N5O/c1-4-18-13-19(23-16(2)22-18)26-12-11-24(3)21(15-26)8-7-20(27)25(10-9-21)14-17-5-6-17/h13,17H,4-12,14-15H2,1-3H3. The number of piperazine rings is 1. The Morgan fingerprint density at radius 1 is 1.19 bits per heavy atom. The number of carbonyl (C=O) groups excluding carboxylic acids is 1. The molecule has 1 saturated carbocycles. The van der Waals surface area contributed by atoms with Gasteiger partial charge in [-0.05, 0) is 52.0 Å². The largest absolute Gasteiger partial charge is 0.353 e. The second-order valence-corrected chi connectivity index (χ2v) is 8.72. The highest BCUT2D eigenvalue weighted by Crippen LogP contribution is 2.36. The Kier molecular flexibility index (Phi) is 5.10. The third-order valence-electron chi connectivity index (χ3n) is 6.74. The van der Waals surface area contributed by atoms with Crippen LogP contribution >= 0.6 is 0 Å². The normalized spacial score (nSPS) is 27.3. The maximum atomic E-state index is 12.7. The number of likely N-dealkylation sites (tertiary alicyclic amines) is 1. The van der Waals surface area contributed by atoms with E-state index in [1.807, 2.05) is 6.92 Å². The third-order valence-corrected chi connectivity index (χ3v) is 6.74. The van der Waals surface area contributed by atoms with Crippen molar-refractivity contribution in [1.82, 2.24) is 19.8 Å². The maximum absolute atomic E-state index is 12.7. The van der Waals surface area contributed by atoms with Crippen molar-refractivity contribution in [3.63, 3.8) is 0 Å². The van der Waals surface area contributed by atoms with Gasteiger partial charge in [-0.15, -0.1) is 0 Å². The van der Waals surface area contributed by atoms with Gasteiger partial charge in [-0.1, -0.05) is 6.92 Å². The Bertz CT molecular complexity index is 704. The van der Waals surface area contributed by atoms with Crippen molar-refractivity contribution in [3.8, 4) is 0 Å². The fourth-order valence-corrected chi connectivity index (χ4v) is 4.65. The maximum Gasteiger partial charge on any atom is 0.222 e. The smallest absolute Gasteiger partial charge is 0.222 e. The fraction of sp³-hybridized carbons (Fsp3) is 0.762. The molecule has 1 unspecified atom stereocenters. The summed E-state index contributed by atoms with van der Waals surface area (Å²) < 4.78 is 0. The number of nitrogens with zero attached hydrogens (tertiary/aromatic N) is 5. The molecule has 27 heavy (non-hydrogen) atoms. The Hall–Kier alpha value is -1.69. The molecule has 0 N–H and O–H groups in total. The van der Waals surface area contributed by atoms with E-state index in [9.17, 15) is 4.79 Å². The van der Waals surface area contributed by atoms with Gasteiger partial charge in [0.25, 0.3) is 0 Å². The molecule has 3 fully saturated rings. The first-order valence-electron chi connectivity index (χ1n) is 10.6. The van der Waals surface area contributed by atoms with Gasteiger partial charge >= 0.3 is 0 Å².